The van der Waals surface area contributed by atoms with Crippen LogP contribution in [-0.2, 0) is 9.59 Å². The first kappa shape index (κ1) is 17.3. The van der Waals surface area contributed by atoms with E-state index >= 15 is 0 Å². The third-order valence-electron chi connectivity index (χ3n) is 3.78. The minimum absolute atomic E-state index is 0.220. The van der Waals surface area contributed by atoms with Gasteiger partial charge in [0.1, 0.15) is 12.7 Å². The summed E-state index contributed by atoms with van der Waals surface area (Å²) in [5.74, 6) is -0.879. The van der Waals surface area contributed by atoms with Crippen LogP contribution in [0.1, 0.15) is 24.9 Å². The molecule has 8 heteroatoms. The molecule has 0 aliphatic heterocycles. The van der Waals surface area contributed by atoms with Crippen LogP contribution in [0.3, 0.4) is 0 Å². The van der Waals surface area contributed by atoms with Crippen LogP contribution < -0.4 is 10.6 Å². The van der Waals surface area contributed by atoms with Gasteiger partial charge in [-0.15, -0.1) is 0 Å². The van der Waals surface area contributed by atoms with E-state index in [4.69, 9.17) is 0 Å². The lowest BCUT2D eigenvalue weighted by Gasteiger charge is -2.17. The number of benzene rings is 1. The molecule has 2 aromatic heterocycles. The second-order valence-corrected chi connectivity index (χ2v) is 5.54. The number of carbonyl (C=O) groups excluding carboxylic acids is 2. The second-order valence-electron chi connectivity index (χ2n) is 5.54. The quantitative estimate of drug-likeness (QED) is 0.684. The molecule has 2 amide bonds. The van der Waals surface area contributed by atoms with Crippen LogP contribution in [0.2, 0.25) is 0 Å². The number of pyridine rings is 1. The van der Waals surface area contributed by atoms with Gasteiger partial charge in [0.2, 0.25) is 0 Å². The maximum atomic E-state index is 12.2. The summed E-state index contributed by atoms with van der Waals surface area (Å²) >= 11 is 0. The Morgan fingerprint density at radius 1 is 1.12 bits per heavy atom. The van der Waals surface area contributed by atoms with Crippen molar-refractivity contribution in [2.24, 2.45) is 0 Å². The van der Waals surface area contributed by atoms with Gasteiger partial charge in [-0.05, 0) is 24.1 Å². The number of nitrogens with zero attached hydrogens (tertiary/aromatic N) is 4. The van der Waals surface area contributed by atoms with Crippen LogP contribution in [-0.4, -0.2) is 31.6 Å². The highest BCUT2D eigenvalue weighted by Crippen LogP contribution is 2.16. The molecule has 26 heavy (non-hydrogen) atoms. The van der Waals surface area contributed by atoms with Crippen molar-refractivity contribution in [1.82, 2.24) is 25.1 Å². The Kier molecular flexibility index (Phi) is 5.33. The fourth-order valence-corrected chi connectivity index (χ4v) is 2.44. The SMILES string of the molecule is CC[C@H](NC(=O)C(=O)Nc1ccc(-n2cncn2)nc1)c1ccccc1. The largest absolute Gasteiger partial charge is 0.341 e. The maximum Gasteiger partial charge on any atom is 0.313 e. The molecule has 2 N–H and O–H groups in total. The van der Waals surface area contributed by atoms with E-state index in [0.29, 0.717) is 17.9 Å². The molecule has 0 aliphatic rings. The first-order chi connectivity index (χ1) is 12.7. The van der Waals surface area contributed by atoms with Crippen LogP contribution >= 0.6 is 0 Å². The lowest BCUT2D eigenvalue weighted by Crippen LogP contribution is -2.37. The molecule has 0 aliphatic carbocycles. The van der Waals surface area contributed by atoms with Crippen molar-refractivity contribution in [1.29, 1.82) is 0 Å². The summed E-state index contributed by atoms with van der Waals surface area (Å²) in [6, 6.07) is 12.6. The van der Waals surface area contributed by atoms with E-state index in [-0.39, 0.29) is 6.04 Å². The first-order valence-corrected chi connectivity index (χ1v) is 8.15. The predicted octanol–water partition coefficient (Wildman–Crippen LogP) is 1.87. The van der Waals surface area contributed by atoms with E-state index in [2.05, 4.69) is 25.7 Å². The summed E-state index contributed by atoms with van der Waals surface area (Å²) in [5.41, 5.74) is 1.37. The summed E-state index contributed by atoms with van der Waals surface area (Å²) in [6.45, 7) is 1.95. The molecule has 1 aromatic carbocycles. The Bertz CT molecular complexity index is 862. The van der Waals surface area contributed by atoms with Crippen molar-refractivity contribution >= 4 is 17.5 Å². The molecule has 0 fully saturated rings. The normalized spacial score (nSPS) is 11.6. The van der Waals surface area contributed by atoms with Gasteiger partial charge >= 0.3 is 11.8 Å². The molecular weight excluding hydrogens is 332 g/mol. The summed E-state index contributed by atoms with van der Waals surface area (Å²) in [4.78, 5) is 32.3. The van der Waals surface area contributed by atoms with Gasteiger partial charge in [0.25, 0.3) is 0 Å². The minimum atomic E-state index is -0.741. The second kappa shape index (κ2) is 8.02. The van der Waals surface area contributed by atoms with Crippen LogP contribution in [0.15, 0.2) is 61.3 Å². The smallest absolute Gasteiger partial charge is 0.313 e. The minimum Gasteiger partial charge on any atom is -0.341 e. The zero-order chi connectivity index (χ0) is 18.4. The number of nitrogens with one attached hydrogen (secondary N) is 2. The molecule has 2 heterocycles. The van der Waals surface area contributed by atoms with Gasteiger partial charge in [0, 0.05) is 0 Å². The zero-order valence-electron chi connectivity index (χ0n) is 14.2. The molecule has 1 atom stereocenters. The Morgan fingerprint density at radius 2 is 1.92 bits per heavy atom. The van der Waals surface area contributed by atoms with E-state index in [0.717, 1.165) is 5.56 Å². The number of hydrogen-bond donors (Lipinski definition) is 2. The van der Waals surface area contributed by atoms with Gasteiger partial charge in [-0.1, -0.05) is 37.3 Å². The van der Waals surface area contributed by atoms with Gasteiger partial charge in [0.05, 0.1) is 17.9 Å². The van der Waals surface area contributed by atoms with Crippen LogP contribution in [0, 0.1) is 0 Å². The van der Waals surface area contributed by atoms with E-state index in [1.54, 1.807) is 12.1 Å². The highest BCUT2D eigenvalue weighted by atomic mass is 16.2. The maximum absolute atomic E-state index is 12.2. The molecule has 132 valence electrons. The molecule has 8 nitrogen and oxygen atoms in total. The predicted molar refractivity (Wildman–Crippen MR) is 95.4 cm³/mol. The van der Waals surface area contributed by atoms with Crippen LogP contribution in [0.5, 0.6) is 0 Å². The summed E-state index contributed by atoms with van der Waals surface area (Å²) < 4.78 is 1.49. The highest BCUT2D eigenvalue weighted by molar-refractivity contribution is 6.39. The molecule has 0 radical (unpaired) electrons. The summed E-state index contributed by atoms with van der Waals surface area (Å²) in [6.07, 6.45) is 5.05. The Balaban J connectivity index is 1.61. The van der Waals surface area contributed by atoms with Crippen LogP contribution in [0.25, 0.3) is 5.82 Å². The van der Waals surface area contributed by atoms with Crippen molar-refractivity contribution < 1.29 is 9.59 Å². The summed E-state index contributed by atoms with van der Waals surface area (Å²) in [5, 5.41) is 9.25. The third kappa shape index (κ3) is 4.10. The van der Waals surface area contributed by atoms with E-state index in [1.807, 2.05) is 37.3 Å². The van der Waals surface area contributed by atoms with Gasteiger partial charge in [-0.2, -0.15) is 5.10 Å². The Morgan fingerprint density at radius 3 is 2.54 bits per heavy atom. The number of rotatable bonds is 5. The molecule has 0 bridgehead atoms. The van der Waals surface area contributed by atoms with E-state index < -0.39 is 11.8 Å². The fraction of sp³-hybridized carbons (Fsp3) is 0.167. The lowest BCUT2D eigenvalue weighted by atomic mass is 10.0. The first-order valence-electron chi connectivity index (χ1n) is 8.15. The fourth-order valence-electron chi connectivity index (χ4n) is 2.44. The molecular formula is C18H18N6O2. The molecule has 3 aromatic rings. The number of anilines is 1. The summed E-state index contributed by atoms with van der Waals surface area (Å²) in [7, 11) is 0. The standard InChI is InChI=1S/C18H18N6O2/c1-2-15(13-6-4-3-5-7-13)23-18(26)17(25)22-14-8-9-16(20-10-14)24-12-19-11-21-24/h3-12,15H,2H2,1H3,(H,22,25)(H,23,26)/t15-/m0/s1. The van der Waals surface area contributed by atoms with Crippen molar-refractivity contribution in [3.63, 3.8) is 0 Å². The topological polar surface area (TPSA) is 102 Å². The highest BCUT2D eigenvalue weighted by Gasteiger charge is 2.19. The van der Waals surface area contributed by atoms with Gasteiger partial charge in [0.15, 0.2) is 5.82 Å². The lowest BCUT2D eigenvalue weighted by molar-refractivity contribution is -0.136. The van der Waals surface area contributed by atoms with Crippen molar-refractivity contribution in [2.45, 2.75) is 19.4 Å². The van der Waals surface area contributed by atoms with Crippen LogP contribution in [0.4, 0.5) is 5.69 Å². The average Bonchev–Trinajstić information content (AvgIpc) is 3.22. The molecule has 0 spiro atoms. The Labute approximate surface area is 150 Å². The van der Waals surface area contributed by atoms with Crippen molar-refractivity contribution in [2.75, 3.05) is 5.32 Å². The molecule has 0 unspecified atom stereocenters. The Hall–Kier alpha value is -3.55. The molecule has 0 saturated heterocycles. The third-order valence-corrected chi connectivity index (χ3v) is 3.78. The van der Waals surface area contributed by atoms with E-state index in [1.165, 1.54) is 23.5 Å². The molecule has 0 saturated carbocycles. The number of hydrogen-bond acceptors (Lipinski definition) is 5. The van der Waals surface area contributed by atoms with E-state index in [9.17, 15) is 9.59 Å². The average molecular weight is 350 g/mol. The van der Waals surface area contributed by atoms with Gasteiger partial charge in [-0.25, -0.2) is 14.6 Å². The number of amides is 2. The van der Waals surface area contributed by atoms with Gasteiger partial charge < -0.3 is 10.6 Å². The zero-order valence-corrected chi connectivity index (χ0v) is 14.2. The monoisotopic (exact) mass is 350 g/mol. The number of carbonyl (C=O) groups is 2. The van der Waals surface area contributed by atoms with Crippen molar-refractivity contribution in [3.05, 3.63) is 66.9 Å². The van der Waals surface area contributed by atoms with Crippen molar-refractivity contribution in [3.8, 4) is 5.82 Å². The van der Waals surface area contributed by atoms with Gasteiger partial charge in [-0.3, -0.25) is 9.59 Å². The number of aromatic nitrogens is 4. The molecule has 3 rings (SSSR count).